The minimum Gasteiger partial charge on any atom is -0.497 e. The lowest BCUT2D eigenvalue weighted by molar-refractivity contribution is 0.415. The van der Waals surface area contributed by atoms with Crippen LogP contribution in [0.5, 0.6) is 5.75 Å². The Bertz CT molecular complexity index is 593. The van der Waals surface area contributed by atoms with E-state index in [2.05, 4.69) is 40.4 Å². The van der Waals surface area contributed by atoms with Crippen LogP contribution in [0.15, 0.2) is 42.6 Å². The molecule has 1 heterocycles. The van der Waals surface area contributed by atoms with Crippen LogP contribution in [0.25, 0.3) is 0 Å². The van der Waals surface area contributed by atoms with Crippen molar-refractivity contribution >= 4 is 11.4 Å². The van der Waals surface area contributed by atoms with Gasteiger partial charge in [0.05, 0.1) is 12.8 Å². The SMILES string of the molecule is COc1ccc(N(C)c2ccnc(CNC3CC3)c2)cc1. The molecule has 0 amide bonds. The Kier molecular flexibility index (Phi) is 4.06. The highest BCUT2D eigenvalue weighted by atomic mass is 16.5. The number of ether oxygens (including phenoxy) is 1. The maximum atomic E-state index is 5.20. The maximum absolute atomic E-state index is 5.20. The minimum atomic E-state index is 0.703. The molecule has 0 bridgehead atoms. The fourth-order valence-corrected chi connectivity index (χ4v) is 2.26. The van der Waals surface area contributed by atoms with Crippen molar-refractivity contribution in [2.24, 2.45) is 0 Å². The van der Waals surface area contributed by atoms with Gasteiger partial charge in [-0.1, -0.05) is 0 Å². The van der Waals surface area contributed by atoms with Gasteiger partial charge in [0.15, 0.2) is 0 Å². The molecule has 0 aliphatic heterocycles. The largest absolute Gasteiger partial charge is 0.497 e. The number of pyridine rings is 1. The van der Waals surface area contributed by atoms with Gasteiger partial charge in [0.25, 0.3) is 0 Å². The fraction of sp³-hybridized carbons (Fsp3) is 0.353. The zero-order valence-corrected chi connectivity index (χ0v) is 12.5. The van der Waals surface area contributed by atoms with Gasteiger partial charge in [-0.2, -0.15) is 0 Å². The van der Waals surface area contributed by atoms with Crippen molar-refractivity contribution in [3.8, 4) is 5.75 Å². The van der Waals surface area contributed by atoms with Crippen LogP contribution in [0.4, 0.5) is 11.4 Å². The van der Waals surface area contributed by atoms with E-state index in [0.717, 1.165) is 29.4 Å². The highest BCUT2D eigenvalue weighted by Crippen LogP contribution is 2.26. The van der Waals surface area contributed by atoms with E-state index in [9.17, 15) is 0 Å². The van der Waals surface area contributed by atoms with E-state index >= 15 is 0 Å². The van der Waals surface area contributed by atoms with E-state index in [0.29, 0.717) is 6.04 Å². The molecule has 110 valence electrons. The van der Waals surface area contributed by atoms with Crippen LogP contribution in [0.2, 0.25) is 0 Å². The van der Waals surface area contributed by atoms with E-state index in [-0.39, 0.29) is 0 Å². The maximum Gasteiger partial charge on any atom is 0.119 e. The summed E-state index contributed by atoms with van der Waals surface area (Å²) in [5, 5.41) is 3.50. The Balaban J connectivity index is 1.72. The monoisotopic (exact) mass is 283 g/mol. The molecule has 2 aromatic rings. The first-order valence-electron chi connectivity index (χ1n) is 7.32. The van der Waals surface area contributed by atoms with Crippen molar-refractivity contribution in [2.75, 3.05) is 19.1 Å². The number of hydrogen-bond donors (Lipinski definition) is 1. The molecule has 1 aromatic carbocycles. The standard InChI is InChI=1S/C17H21N3O/c1-20(15-5-7-17(21-2)8-6-15)16-9-10-18-14(11-16)12-19-13-3-4-13/h5-11,13,19H,3-4,12H2,1-2H3. The zero-order valence-electron chi connectivity index (χ0n) is 12.5. The average Bonchev–Trinajstić information content (AvgIpc) is 3.37. The molecule has 0 spiro atoms. The smallest absolute Gasteiger partial charge is 0.119 e. The topological polar surface area (TPSA) is 37.4 Å². The van der Waals surface area contributed by atoms with Crippen molar-refractivity contribution in [1.82, 2.24) is 10.3 Å². The lowest BCUT2D eigenvalue weighted by Crippen LogP contribution is -2.17. The molecule has 1 fully saturated rings. The van der Waals surface area contributed by atoms with Crippen molar-refractivity contribution in [2.45, 2.75) is 25.4 Å². The van der Waals surface area contributed by atoms with Crippen LogP contribution in [0, 0.1) is 0 Å². The van der Waals surface area contributed by atoms with Crippen LogP contribution < -0.4 is 15.0 Å². The van der Waals surface area contributed by atoms with E-state index in [4.69, 9.17) is 4.74 Å². The number of benzene rings is 1. The van der Waals surface area contributed by atoms with Gasteiger partial charge >= 0.3 is 0 Å². The lowest BCUT2D eigenvalue weighted by Gasteiger charge is -2.20. The van der Waals surface area contributed by atoms with Crippen molar-refractivity contribution in [3.05, 3.63) is 48.3 Å². The molecule has 1 saturated carbocycles. The molecular formula is C17H21N3O. The molecular weight excluding hydrogens is 262 g/mol. The number of nitrogens with one attached hydrogen (secondary N) is 1. The summed E-state index contributed by atoms with van der Waals surface area (Å²) in [7, 11) is 3.75. The predicted octanol–water partition coefficient (Wildman–Crippen LogP) is 3.11. The molecule has 21 heavy (non-hydrogen) atoms. The third-order valence-electron chi connectivity index (χ3n) is 3.80. The molecule has 1 aliphatic carbocycles. The summed E-state index contributed by atoms with van der Waals surface area (Å²) in [5.74, 6) is 0.871. The molecule has 1 N–H and O–H groups in total. The molecule has 1 aromatic heterocycles. The van der Waals surface area contributed by atoms with Crippen molar-refractivity contribution < 1.29 is 4.74 Å². The summed E-state index contributed by atoms with van der Waals surface area (Å²) in [4.78, 5) is 6.59. The first-order valence-corrected chi connectivity index (χ1v) is 7.32. The second kappa shape index (κ2) is 6.14. The van der Waals surface area contributed by atoms with Crippen molar-refractivity contribution in [3.63, 3.8) is 0 Å². The lowest BCUT2D eigenvalue weighted by atomic mass is 10.2. The summed E-state index contributed by atoms with van der Waals surface area (Å²) in [6.45, 7) is 0.842. The van der Waals surface area contributed by atoms with Crippen LogP contribution in [0.3, 0.4) is 0 Å². The van der Waals surface area contributed by atoms with Gasteiger partial charge in [-0.25, -0.2) is 0 Å². The quantitative estimate of drug-likeness (QED) is 0.884. The van der Waals surface area contributed by atoms with Gasteiger partial charge in [0.2, 0.25) is 0 Å². The molecule has 4 nitrogen and oxygen atoms in total. The van der Waals surface area contributed by atoms with E-state index < -0.39 is 0 Å². The molecule has 0 radical (unpaired) electrons. The molecule has 0 saturated heterocycles. The highest BCUT2D eigenvalue weighted by molar-refractivity contribution is 5.63. The third-order valence-corrected chi connectivity index (χ3v) is 3.80. The van der Waals surface area contributed by atoms with Gasteiger partial charge in [-0.05, 0) is 49.2 Å². The number of aromatic nitrogens is 1. The average molecular weight is 283 g/mol. The third kappa shape index (κ3) is 3.52. The van der Waals surface area contributed by atoms with E-state index in [1.807, 2.05) is 24.4 Å². The summed E-state index contributed by atoms with van der Waals surface area (Å²) in [6.07, 6.45) is 4.47. The Hall–Kier alpha value is -2.07. The summed E-state index contributed by atoms with van der Waals surface area (Å²) >= 11 is 0. The van der Waals surface area contributed by atoms with Gasteiger partial charge in [-0.15, -0.1) is 0 Å². The minimum absolute atomic E-state index is 0.703. The number of rotatable bonds is 6. The Morgan fingerprint density at radius 2 is 1.95 bits per heavy atom. The molecule has 1 aliphatic rings. The normalized spacial score (nSPS) is 14.0. The number of anilines is 2. The first kappa shape index (κ1) is 13.9. The fourth-order valence-electron chi connectivity index (χ4n) is 2.26. The zero-order chi connectivity index (χ0) is 14.7. The molecule has 0 atom stereocenters. The Morgan fingerprint density at radius 1 is 1.19 bits per heavy atom. The number of methoxy groups -OCH3 is 1. The van der Waals surface area contributed by atoms with E-state index in [1.165, 1.54) is 12.8 Å². The molecule has 3 rings (SSSR count). The Morgan fingerprint density at radius 3 is 2.62 bits per heavy atom. The van der Waals surface area contributed by atoms with Crippen LogP contribution in [-0.4, -0.2) is 25.2 Å². The van der Waals surface area contributed by atoms with Gasteiger partial charge < -0.3 is 15.0 Å². The summed E-state index contributed by atoms with van der Waals surface area (Å²) in [6, 6.07) is 12.9. The number of nitrogens with zero attached hydrogens (tertiary/aromatic N) is 2. The predicted molar refractivity (Wildman–Crippen MR) is 85.2 cm³/mol. The second-order valence-electron chi connectivity index (χ2n) is 5.42. The van der Waals surface area contributed by atoms with Crippen molar-refractivity contribution in [1.29, 1.82) is 0 Å². The van der Waals surface area contributed by atoms with Gasteiger partial charge in [0.1, 0.15) is 5.75 Å². The first-order chi connectivity index (χ1) is 10.3. The van der Waals surface area contributed by atoms with Gasteiger partial charge in [-0.3, -0.25) is 4.98 Å². The summed E-state index contributed by atoms with van der Waals surface area (Å²) in [5.41, 5.74) is 3.35. The van der Waals surface area contributed by atoms with Crippen LogP contribution >= 0.6 is 0 Å². The molecule has 0 unspecified atom stereocenters. The number of hydrogen-bond acceptors (Lipinski definition) is 4. The Labute approximate surface area is 125 Å². The second-order valence-corrected chi connectivity index (χ2v) is 5.42. The van der Waals surface area contributed by atoms with E-state index in [1.54, 1.807) is 7.11 Å². The summed E-state index contributed by atoms with van der Waals surface area (Å²) < 4.78 is 5.20. The van der Waals surface area contributed by atoms with Crippen LogP contribution in [0.1, 0.15) is 18.5 Å². The van der Waals surface area contributed by atoms with Crippen LogP contribution in [-0.2, 0) is 6.54 Å². The molecule has 4 heteroatoms. The highest BCUT2D eigenvalue weighted by Gasteiger charge is 2.20. The van der Waals surface area contributed by atoms with Gasteiger partial charge in [0, 0.05) is 37.2 Å².